The van der Waals surface area contributed by atoms with Gasteiger partial charge in [-0.15, -0.1) is 12.4 Å². The van der Waals surface area contributed by atoms with Crippen LogP contribution < -0.4 is 4.90 Å². The lowest BCUT2D eigenvalue weighted by molar-refractivity contribution is 0.0966. The van der Waals surface area contributed by atoms with Gasteiger partial charge >= 0.3 is 0 Å². The van der Waals surface area contributed by atoms with Crippen molar-refractivity contribution >= 4 is 23.9 Å². The summed E-state index contributed by atoms with van der Waals surface area (Å²) in [5.74, 6) is 0.141. The van der Waals surface area contributed by atoms with E-state index in [1.54, 1.807) is 0 Å². The first-order valence-corrected chi connectivity index (χ1v) is 6.07. The van der Waals surface area contributed by atoms with Gasteiger partial charge in [-0.3, -0.25) is 4.79 Å². The van der Waals surface area contributed by atoms with Crippen LogP contribution in [0.3, 0.4) is 0 Å². The fraction of sp³-hybridized carbons (Fsp3) is 0.188. The molecule has 0 radical (unpaired) electrons. The van der Waals surface area contributed by atoms with E-state index < -0.39 is 0 Å². The number of hydrogen-bond donors (Lipinski definition) is 0. The van der Waals surface area contributed by atoms with Crippen molar-refractivity contribution in [3.05, 3.63) is 66.2 Å². The molecular weight excluding hydrogens is 258 g/mol. The van der Waals surface area contributed by atoms with Crippen LogP contribution in [0.25, 0.3) is 0 Å². The van der Waals surface area contributed by atoms with Crippen LogP contribution in [0.15, 0.2) is 60.7 Å². The molecule has 2 nitrogen and oxygen atoms in total. The Hall–Kier alpha value is -1.80. The van der Waals surface area contributed by atoms with E-state index >= 15 is 0 Å². The maximum absolute atomic E-state index is 12.3. The van der Waals surface area contributed by atoms with Crippen molar-refractivity contribution in [1.82, 2.24) is 0 Å². The van der Waals surface area contributed by atoms with Gasteiger partial charge in [-0.1, -0.05) is 48.5 Å². The van der Waals surface area contributed by atoms with Gasteiger partial charge in [-0.25, -0.2) is 0 Å². The average Bonchev–Trinajstić information content (AvgIpc) is 2.47. The molecule has 0 aliphatic heterocycles. The van der Waals surface area contributed by atoms with Crippen LogP contribution in [0.4, 0.5) is 5.69 Å². The van der Waals surface area contributed by atoms with Gasteiger partial charge in [0, 0.05) is 18.3 Å². The lowest BCUT2D eigenvalue weighted by atomic mass is 10.0. The highest BCUT2D eigenvalue weighted by Gasteiger charge is 2.19. The van der Waals surface area contributed by atoms with Crippen LogP contribution in [0, 0.1) is 0 Å². The van der Waals surface area contributed by atoms with Crippen LogP contribution in [0.5, 0.6) is 0 Å². The van der Waals surface area contributed by atoms with Crippen molar-refractivity contribution in [2.45, 2.75) is 13.0 Å². The molecule has 2 rings (SSSR count). The van der Waals surface area contributed by atoms with E-state index in [2.05, 4.69) is 0 Å². The minimum Gasteiger partial charge on any atom is -0.364 e. The van der Waals surface area contributed by atoms with Crippen molar-refractivity contribution in [2.75, 3.05) is 11.9 Å². The maximum atomic E-state index is 12.3. The molecule has 1 unspecified atom stereocenters. The van der Waals surface area contributed by atoms with E-state index in [4.69, 9.17) is 0 Å². The fourth-order valence-electron chi connectivity index (χ4n) is 1.91. The number of Topliss-reactive ketones (excluding diaryl/α,β-unsaturated/α-hetero) is 1. The van der Waals surface area contributed by atoms with Crippen molar-refractivity contribution in [3.63, 3.8) is 0 Å². The van der Waals surface area contributed by atoms with Crippen LogP contribution >= 0.6 is 12.4 Å². The lowest BCUT2D eigenvalue weighted by Crippen LogP contribution is -2.36. The molecule has 100 valence electrons. The van der Waals surface area contributed by atoms with Gasteiger partial charge < -0.3 is 4.90 Å². The Morgan fingerprint density at radius 1 is 0.947 bits per heavy atom. The third kappa shape index (κ3) is 3.58. The van der Waals surface area contributed by atoms with Gasteiger partial charge in [-0.05, 0) is 19.1 Å². The molecule has 0 saturated carbocycles. The second-order valence-corrected chi connectivity index (χ2v) is 4.35. The Balaban J connectivity index is 0.00000180. The SMILES string of the molecule is CC(C(=O)c1ccccc1)N(C)c1ccccc1.Cl. The fourth-order valence-corrected chi connectivity index (χ4v) is 1.91. The largest absolute Gasteiger partial charge is 0.364 e. The summed E-state index contributed by atoms with van der Waals surface area (Å²) in [7, 11) is 1.95. The molecule has 2 aromatic carbocycles. The number of rotatable bonds is 4. The molecule has 19 heavy (non-hydrogen) atoms. The molecule has 0 aliphatic carbocycles. The van der Waals surface area contributed by atoms with E-state index in [9.17, 15) is 4.79 Å². The molecule has 0 fully saturated rings. The third-order valence-electron chi connectivity index (χ3n) is 3.18. The standard InChI is InChI=1S/C16H17NO.ClH/c1-13(16(18)14-9-5-3-6-10-14)17(2)15-11-7-4-8-12-15;/h3-13H,1-2H3;1H. The van der Waals surface area contributed by atoms with Crippen LogP contribution in [0.1, 0.15) is 17.3 Å². The van der Waals surface area contributed by atoms with Crippen molar-refractivity contribution < 1.29 is 4.79 Å². The van der Waals surface area contributed by atoms with E-state index in [-0.39, 0.29) is 24.2 Å². The summed E-state index contributed by atoms with van der Waals surface area (Å²) in [6, 6.07) is 19.2. The highest BCUT2D eigenvalue weighted by molar-refractivity contribution is 6.01. The van der Waals surface area contributed by atoms with Gasteiger partial charge in [-0.2, -0.15) is 0 Å². The van der Waals surface area contributed by atoms with Gasteiger partial charge in [0.1, 0.15) is 0 Å². The number of para-hydroxylation sites is 1. The summed E-state index contributed by atoms with van der Waals surface area (Å²) in [6.45, 7) is 1.93. The first-order valence-electron chi connectivity index (χ1n) is 6.07. The van der Waals surface area contributed by atoms with Crippen molar-refractivity contribution in [2.24, 2.45) is 0 Å². The second-order valence-electron chi connectivity index (χ2n) is 4.35. The van der Waals surface area contributed by atoms with E-state index in [1.165, 1.54) is 0 Å². The van der Waals surface area contributed by atoms with Crippen molar-refractivity contribution in [3.8, 4) is 0 Å². The quantitative estimate of drug-likeness (QED) is 0.791. The Bertz CT molecular complexity index is 513. The van der Waals surface area contributed by atoms with Gasteiger partial charge in [0.25, 0.3) is 0 Å². The van der Waals surface area contributed by atoms with E-state index in [0.717, 1.165) is 11.3 Å². The number of benzene rings is 2. The third-order valence-corrected chi connectivity index (χ3v) is 3.18. The number of anilines is 1. The predicted molar refractivity (Wildman–Crippen MR) is 82.3 cm³/mol. The zero-order valence-electron chi connectivity index (χ0n) is 11.1. The summed E-state index contributed by atoms with van der Waals surface area (Å²) in [4.78, 5) is 14.3. The summed E-state index contributed by atoms with van der Waals surface area (Å²) in [5, 5.41) is 0. The number of ketones is 1. The molecule has 2 aromatic rings. The molecule has 0 aliphatic rings. The predicted octanol–water partition coefficient (Wildman–Crippen LogP) is 3.82. The topological polar surface area (TPSA) is 20.3 Å². The van der Waals surface area contributed by atoms with Gasteiger partial charge in [0.2, 0.25) is 0 Å². The molecule has 0 amide bonds. The first-order chi connectivity index (χ1) is 8.70. The number of carbonyl (C=O) groups is 1. The Labute approximate surface area is 120 Å². The van der Waals surface area contributed by atoms with E-state index in [0.29, 0.717) is 0 Å². The number of halogens is 1. The number of likely N-dealkylation sites (N-methyl/N-ethyl adjacent to an activating group) is 1. The summed E-state index contributed by atoms with van der Waals surface area (Å²) < 4.78 is 0. The highest BCUT2D eigenvalue weighted by Crippen LogP contribution is 2.16. The molecular formula is C16H18ClNO. The molecule has 1 atom stereocenters. The molecule has 0 bridgehead atoms. The second kappa shape index (κ2) is 6.95. The molecule has 0 aromatic heterocycles. The molecule has 3 heteroatoms. The molecule has 0 saturated heterocycles. The molecule has 0 spiro atoms. The minimum atomic E-state index is -0.171. The van der Waals surface area contributed by atoms with Crippen LogP contribution in [-0.4, -0.2) is 18.9 Å². The summed E-state index contributed by atoms with van der Waals surface area (Å²) >= 11 is 0. The number of nitrogens with zero attached hydrogens (tertiary/aromatic N) is 1. The Kier molecular flexibility index (Phi) is 5.58. The van der Waals surface area contributed by atoms with E-state index in [1.807, 2.05) is 79.5 Å². The number of carbonyl (C=O) groups excluding carboxylic acids is 1. The minimum absolute atomic E-state index is 0. The summed E-state index contributed by atoms with van der Waals surface area (Å²) in [6.07, 6.45) is 0. The Morgan fingerprint density at radius 2 is 1.42 bits per heavy atom. The normalized spacial score (nSPS) is 11.3. The van der Waals surface area contributed by atoms with Gasteiger partial charge in [0.15, 0.2) is 5.78 Å². The highest BCUT2D eigenvalue weighted by atomic mass is 35.5. The molecule has 0 heterocycles. The van der Waals surface area contributed by atoms with Crippen LogP contribution in [0.2, 0.25) is 0 Å². The van der Waals surface area contributed by atoms with Crippen molar-refractivity contribution in [1.29, 1.82) is 0 Å². The summed E-state index contributed by atoms with van der Waals surface area (Å²) in [5.41, 5.74) is 1.81. The zero-order valence-corrected chi connectivity index (χ0v) is 11.9. The molecule has 0 N–H and O–H groups in total. The maximum Gasteiger partial charge on any atom is 0.184 e. The lowest BCUT2D eigenvalue weighted by Gasteiger charge is -2.25. The monoisotopic (exact) mass is 275 g/mol. The van der Waals surface area contributed by atoms with Crippen LogP contribution in [-0.2, 0) is 0 Å². The smallest absolute Gasteiger partial charge is 0.184 e. The zero-order chi connectivity index (χ0) is 13.0. The van der Waals surface area contributed by atoms with Gasteiger partial charge in [0.05, 0.1) is 6.04 Å². The average molecular weight is 276 g/mol. The number of hydrogen-bond acceptors (Lipinski definition) is 2. The first kappa shape index (κ1) is 15.3. The Morgan fingerprint density at radius 3 is 1.95 bits per heavy atom.